The predicted octanol–water partition coefficient (Wildman–Crippen LogP) is 4.83. The molecular weight excluding hydrogens is 324 g/mol. The fraction of sp³-hybridized carbons (Fsp3) is 0.125. The van der Waals surface area contributed by atoms with Crippen LogP contribution >= 0.6 is 23.4 Å². The van der Waals surface area contributed by atoms with Gasteiger partial charge in [-0.05, 0) is 42.2 Å². The van der Waals surface area contributed by atoms with Crippen molar-refractivity contribution in [2.24, 2.45) is 0 Å². The summed E-state index contributed by atoms with van der Waals surface area (Å²) in [6.45, 7) is 1.92. The SMILES string of the molecule is Cc1ccc(S(=O)(=O)/C=C/SCc2ccc(Cl)cc2)cc1. The zero-order valence-corrected chi connectivity index (χ0v) is 13.9. The molecule has 0 atom stereocenters. The van der Waals surface area contributed by atoms with Crippen LogP contribution in [-0.4, -0.2) is 8.42 Å². The van der Waals surface area contributed by atoms with E-state index < -0.39 is 9.84 Å². The van der Waals surface area contributed by atoms with E-state index in [1.165, 1.54) is 17.2 Å². The third kappa shape index (κ3) is 4.92. The Hall–Kier alpha value is -1.23. The molecule has 0 aliphatic carbocycles. The maximum atomic E-state index is 12.1. The lowest BCUT2D eigenvalue weighted by atomic mass is 10.2. The maximum Gasteiger partial charge on any atom is 0.200 e. The molecule has 110 valence electrons. The van der Waals surface area contributed by atoms with Crippen LogP contribution in [0, 0.1) is 6.92 Å². The zero-order chi connectivity index (χ0) is 15.3. The normalized spacial score (nSPS) is 11.9. The van der Waals surface area contributed by atoms with E-state index in [-0.39, 0.29) is 0 Å². The summed E-state index contributed by atoms with van der Waals surface area (Å²) < 4.78 is 24.2. The molecule has 0 aromatic heterocycles. The van der Waals surface area contributed by atoms with E-state index in [1.54, 1.807) is 29.7 Å². The smallest absolute Gasteiger partial charge is 0.200 e. The third-order valence-corrected chi connectivity index (χ3v) is 5.52. The molecule has 0 aliphatic heterocycles. The Morgan fingerprint density at radius 2 is 1.67 bits per heavy atom. The largest absolute Gasteiger partial charge is 0.219 e. The monoisotopic (exact) mass is 338 g/mol. The van der Waals surface area contributed by atoms with Crippen LogP contribution in [0.3, 0.4) is 0 Å². The molecule has 2 nitrogen and oxygen atoms in total. The molecule has 2 aromatic carbocycles. The lowest BCUT2D eigenvalue weighted by Gasteiger charge is -2.00. The Morgan fingerprint density at radius 3 is 2.29 bits per heavy atom. The maximum absolute atomic E-state index is 12.1. The van der Waals surface area contributed by atoms with Gasteiger partial charge < -0.3 is 0 Å². The van der Waals surface area contributed by atoms with Gasteiger partial charge in [-0.25, -0.2) is 8.42 Å². The van der Waals surface area contributed by atoms with Gasteiger partial charge in [-0.3, -0.25) is 0 Å². The average molecular weight is 339 g/mol. The molecule has 2 rings (SSSR count). The number of hydrogen-bond donors (Lipinski definition) is 0. The van der Waals surface area contributed by atoms with Crippen molar-refractivity contribution in [3.8, 4) is 0 Å². The molecule has 0 heterocycles. The van der Waals surface area contributed by atoms with Gasteiger partial charge in [-0.1, -0.05) is 41.4 Å². The number of benzene rings is 2. The van der Waals surface area contributed by atoms with E-state index in [9.17, 15) is 8.42 Å². The minimum absolute atomic E-state index is 0.316. The summed E-state index contributed by atoms with van der Waals surface area (Å²) in [6, 6.07) is 14.3. The van der Waals surface area contributed by atoms with E-state index in [2.05, 4.69) is 0 Å². The van der Waals surface area contributed by atoms with Crippen molar-refractivity contribution < 1.29 is 8.42 Å². The van der Waals surface area contributed by atoms with Crippen molar-refractivity contribution in [3.05, 3.63) is 75.5 Å². The zero-order valence-electron chi connectivity index (χ0n) is 11.5. The molecule has 2 aromatic rings. The minimum atomic E-state index is -3.36. The van der Waals surface area contributed by atoms with Gasteiger partial charge in [0.15, 0.2) is 9.84 Å². The first-order chi connectivity index (χ1) is 9.97. The first-order valence-corrected chi connectivity index (χ1v) is 9.29. The summed E-state index contributed by atoms with van der Waals surface area (Å²) >= 11 is 7.25. The van der Waals surface area contributed by atoms with Crippen molar-refractivity contribution in [1.29, 1.82) is 0 Å². The van der Waals surface area contributed by atoms with Crippen LogP contribution in [0.15, 0.2) is 64.2 Å². The van der Waals surface area contributed by atoms with Crippen molar-refractivity contribution in [3.63, 3.8) is 0 Å². The lowest BCUT2D eigenvalue weighted by molar-refractivity contribution is 0.604. The van der Waals surface area contributed by atoms with Gasteiger partial charge in [0.05, 0.1) is 4.90 Å². The van der Waals surface area contributed by atoms with Gasteiger partial charge in [-0.2, -0.15) is 0 Å². The molecule has 0 fully saturated rings. The molecule has 0 amide bonds. The standard InChI is InChI=1S/C16H15ClO2S2/c1-13-2-8-16(9-3-13)21(18,19)11-10-20-12-14-4-6-15(17)7-5-14/h2-11H,12H2,1H3/b11-10+. The second-order valence-corrected chi connectivity index (χ2v) is 7.73. The van der Waals surface area contributed by atoms with Gasteiger partial charge in [0.1, 0.15) is 0 Å². The fourth-order valence-corrected chi connectivity index (χ4v) is 3.82. The number of thioether (sulfide) groups is 1. The first kappa shape index (κ1) is 16.1. The summed E-state index contributed by atoms with van der Waals surface area (Å²) in [6.07, 6.45) is 0. The van der Waals surface area contributed by atoms with Crippen molar-refractivity contribution >= 4 is 33.2 Å². The fourth-order valence-electron chi connectivity index (χ4n) is 1.64. The van der Waals surface area contributed by atoms with E-state index in [0.29, 0.717) is 15.7 Å². The van der Waals surface area contributed by atoms with Crippen molar-refractivity contribution in [2.75, 3.05) is 0 Å². The Bertz CT molecular complexity index is 718. The lowest BCUT2D eigenvalue weighted by Crippen LogP contribution is -1.95. The summed E-state index contributed by atoms with van der Waals surface area (Å²) in [5.74, 6) is 0.705. The summed E-state index contributed by atoms with van der Waals surface area (Å²) in [4.78, 5) is 0.316. The molecule has 5 heteroatoms. The molecule has 21 heavy (non-hydrogen) atoms. The molecule has 0 bridgehead atoms. The van der Waals surface area contributed by atoms with Gasteiger partial charge >= 0.3 is 0 Å². The van der Waals surface area contributed by atoms with E-state index in [0.717, 1.165) is 11.1 Å². The van der Waals surface area contributed by atoms with E-state index in [1.807, 2.05) is 31.2 Å². The Kier molecular flexibility index (Phi) is 5.51. The first-order valence-electron chi connectivity index (χ1n) is 6.32. The molecule has 0 N–H and O–H groups in total. The van der Waals surface area contributed by atoms with Gasteiger partial charge in [0.25, 0.3) is 0 Å². The van der Waals surface area contributed by atoms with Crippen molar-refractivity contribution in [1.82, 2.24) is 0 Å². The Labute approximate surface area is 134 Å². The van der Waals surface area contributed by atoms with Crippen LogP contribution in [0.25, 0.3) is 0 Å². The second kappa shape index (κ2) is 7.16. The van der Waals surface area contributed by atoms with Gasteiger partial charge in [-0.15, -0.1) is 11.8 Å². The topological polar surface area (TPSA) is 34.1 Å². The molecule has 0 aliphatic rings. The van der Waals surface area contributed by atoms with Crippen LogP contribution in [0.2, 0.25) is 5.02 Å². The molecule has 0 unspecified atom stereocenters. The summed E-state index contributed by atoms with van der Waals surface area (Å²) in [5, 5.41) is 3.56. The second-order valence-electron chi connectivity index (χ2n) is 4.57. The van der Waals surface area contributed by atoms with Crippen LogP contribution in [0.1, 0.15) is 11.1 Å². The average Bonchev–Trinajstić information content (AvgIpc) is 2.46. The molecule has 0 saturated carbocycles. The number of rotatable bonds is 5. The minimum Gasteiger partial charge on any atom is -0.219 e. The van der Waals surface area contributed by atoms with E-state index >= 15 is 0 Å². The number of sulfone groups is 1. The quantitative estimate of drug-likeness (QED) is 0.783. The third-order valence-electron chi connectivity index (χ3n) is 2.84. The summed E-state index contributed by atoms with van der Waals surface area (Å²) in [5.41, 5.74) is 2.14. The van der Waals surface area contributed by atoms with Crippen LogP contribution < -0.4 is 0 Å². The number of aryl methyl sites for hydroxylation is 1. The Morgan fingerprint density at radius 1 is 1.05 bits per heavy atom. The highest BCUT2D eigenvalue weighted by Crippen LogP contribution is 2.19. The van der Waals surface area contributed by atoms with Crippen LogP contribution in [0.4, 0.5) is 0 Å². The Balaban J connectivity index is 1.97. The molecular formula is C16H15ClO2S2. The molecule has 0 radical (unpaired) electrons. The van der Waals surface area contributed by atoms with Crippen LogP contribution in [0.5, 0.6) is 0 Å². The highest BCUT2D eigenvalue weighted by atomic mass is 35.5. The van der Waals surface area contributed by atoms with E-state index in [4.69, 9.17) is 11.6 Å². The summed E-state index contributed by atoms with van der Waals surface area (Å²) in [7, 11) is -3.36. The number of hydrogen-bond acceptors (Lipinski definition) is 3. The van der Waals surface area contributed by atoms with Crippen molar-refractivity contribution in [2.45, 2.75) is 17.6 Å². The molecule has 0 saturated heterocycles. The van der Waals surface area contributed by atoms with Crippen LogP contribution in [-0.2, 0) is 15.6 Å². The highest BCUT2D eigenvalue weighted by molar-refractivity contribution is 8.02. The predicted molar refractivity (Wildman–Crippen MR) is 90.3 cm³/mol. The van der Waals surface area contributed by atoms with Gasteiger partial charge in [0, 0.05) is 16.2 Å². The number of halogens is 1. The van der Waals surface area contributed by atoms with Gasteiger partial charge in [0.2, 0.25) is 0 Å². The highest BCUT2D eigenvalue weighted by Gasteiger charge is 2.09. The molecule has 0 spiro atoms.